The molecule has 2 aromatic carbocycles. The molecule has 5 nitrogen and oxygen atoms in total. The second-order valence-electron chi connectivity index (χ2n) is 5.36. The average Bonchev–Trinajstić information content (AvgIpc) is 2.53. The van der Waals surface area contributed by atoms with Crippen molar-refractivity contribution >= 4 is 22.9 Å². The van der Waals surface area contributed by atoms with Gasteiger partial charge in [0.2, 0.25) is 0 Å². The summed E-state index contributed by atoms with van der Waals surface area (Å²) < 4.78 is 0. The third-order valence-electron chi connectivity index (χ3n) is 4.18. The van der Waals surface area contributed by atoms with Gasteiger partial charge in [0.05, 0.1) is 11.4 Å². The molecule has 0 amide bonds. The second kappa shape index (κ2) is 4.96. The Morgan fingerprint density at radius 2 is 1.50 bits per heavy atom. The van der Waals surface area contributed by atoms with Gasteiger partial charge in [-0.05, 0) is 24.5 Å². The minimum Gasteiger partial charge on any atom is -0.397 e. The number of carbonyl (C=O) groups is 2. The van der Waals surface area contributed by atoms with E-state index >= 15 is 0 Å². The molecule has 0 atom stereocenters. The van der Waals surface area contributed by atoms with Crippen LogP contribution in [0, 0.1) is 6.92 Å². The molecule has 0 spiro atoms. The number of hydrogen-bond acceptors (Lipinski definition) is 5. The van der Waals surface area contributed by atoms with E-state index in [-0.39, 0.29) is 35.8 Å². The van der Waals surface area contributed by atoms with Crippen LogP contribution in [0.4, 0.5) is 11.4 Å². The number of benzene rings is 2. The van der Waals surface area contributed by atoms with Crippen LogP contribution in [-0.2, 0) is 6.42 Å². The molecule has 0 saturated carbocycles. The van der Waals surface area contributed by atoms with Crippen molar-refractivity contribution in [2.24, 2.45) is 0 Å². The Balaban J connectivity index is 2.41. The van der Waals surface area contributed by atoms with E-state index in [1.807, 2.05) is 0 Å². The van der Waals surface area contributed by atoms with Gasteiger partial charge in [-0.2, -0.15) is 0 Å². The first-order valence-electron chi connectivity index (χ1n) is 6.98. The van der Waals surface area contributed by atoms with Crippen molar-refractivity contribution in [3.8, 4) is 0 Å². The highest BCUT2D eigenvalue weighted by Crippen LogP contribution is 2.38. The lowest BCUT2D eigenvalue weighted by molar-refractivity contribution is 0.0977. The first kappa shape index (κ1) is 14.3. The normalized spacial score (nSPS) is 13.0. The largest absolute Gasteiger partial charge is 0.397 e. The van der Waals surface area contributed by atoms with Crippen molar-refractivity contribution in [3.05, 3.63) is 57.6 Å². The van der Waals surface area contributed by atoms with Crippen LogP contribution in [0.5, 0.6) is 0 Å². The molecule has 1 aliphatic carbocycles. The van der Waals surface area contributed by atoms with Crippen LogP contribution in [0.25, 0.3) is 0 Å². The first-order chi connectivity index (χ1) is 10.5. The van der Waals surface area contributed by atoms with Crippen LogP contribution < -0.4 is 11.5 Å². The maximum absolute atomic E-state index is 12.8. The Bertz CT molecular complexity index is 825. The Morgan fingerprint density at radius 3 is 2.05 bits per heavy atom. The highest BCUT2D eigenvalue weighted by atomic mass is 16.3. The second-order valence-corrected chi connectivity index (χ2v) is 5.36. The highest BCUT2D eigenvalue weighted by Gasteiger charge is 2.34. The molecule has 5 N–H and O–H groups in total. The van der Waals surface area contributed by atoms with Crippen LogP contribution in [0.3, 0.4) is 0 Å². The van der Waals surface area contributed by atoms with Crippen LogP contribution in [0.1, 0.15) is 43.0 Å². The summed E-state index contributed by atoms with van der Waals surface area (Å²) in [6, 6.07) is 6.70. The van der Waals surface area contributed by atoms with Crippen molar-refractivity contribution in [1.82, 2.24) is 0 Å². The van der Waals surface area contributed by atoms with Crippen molar-refractivity contribution in [3.63, 3.8) is 0 Å². The number of carbonyl (C=O) groups excluding carboxylic acids is 2. The molecule has 0 heterocycles. The summed E-state index contributed by atoms with van der Waals surface area (Å²) in [4.78, 5) is 25.6. The summed E-state index contributed by atoms with van der Waals surface area (Å²) in [5.74, 6) is -0.475. The molecule has 0 aliphatic heterocycles. The number of rotatable bonds is 2. The third-order valence-corrected chi connectivity index (χ3v) is 4.18. The Labute approximate surface area is 127 Å². The quantitative estimate of drug-likeness (QED) is 0.621. The zero-order valence-electron chi connectivity index (χ0n) is 12.1. The number of fused-ring (bicyclic) bond motifs is 2. The van der Waals surface area contributed by atoms with E-state index in [9.17, 15) is 14.7 Å². The first-order valence-corrected chi connectivity index (χ1v) is 6.98. The fraction of sp³-hybridized carbons (Fsp3) is 0.176. The molecule has 2 aromatic rings. The summed E-state index contributed by atoms with van der Waals surface area (Å²) in [6.45, 7) is 1.51. The predicted octanol–water partition coefficient (Wildman–Crippen LogP) is 1.47. The summed E-state index contributed by atoms with van der Waals surface area (Å²) in [5, 5.41) is 9.26. The maximum Gasteiger partial charge on any atom is 0.194 e. The van der Waals surface area contributed by atoms with Gasteiger partial charge in [-0.1, -0.05) is 24.3 Å². The Morgan fingerprint density at radius 1 is 0.955 bits per heavy atom. The van der Waals surface area contributed by atoms with Crippen molar-refractivity contribution < 1.29 is 14.7 Å². The monoisotopic (exact) mass is 296 g/mol. The van der Waals surface area contributed by atoms with Gasteiger partial charge in [-0.15, -0.1) is 0 Å². The molecule has 3 rings (SSSR count). The molecule has 0 fully saturated rings. The summed E-state index contributed by atoms with van der Waals surface area (Å²) in [7, 11) is 0. The molecule has 0 radical (unpaired) electrons. The predicted molar refractivity (Wildman–Crippen MR) is 84.1 cm³/mol. The van der Waals surface area contributed by atoms with E-state index < -0.39 is 0 Å². The molecule has 1 aliphatic rings. The van der Waals surface area contributed by atoms with Crippen molar-refractivity contribution in [2.45, 2.75) is 13.3 Å². The lowest BCUT2D eigenvalue weighted by atomic mass is 9.78. The molecule has 0 aromatic heterocycles. The smallest absolute Gasteiger partial charge is 0.194 e. The van der Waals surface area contributed by atoms with Gasteiger partial charge in [0.15, 0.2) is 11.6 Å². The van der Waals surface area contributed by atoms with Crippen LogP contribution in [0.2, 0.25) is 0 Å². The van der Waals surface area contributed by atoms with E-state index in [4.69, 9.17) is 11.5 Å². The van der Waals surface area contributed by atoms with Gasteiger partial charge in [-0.3, -0.25) is 9.59 Å². The molecular formula is C17H16N2O3. The zero-order valence-corrected chi connectivity index (χ0v) is 12.1. The van der Waals surface area contributed by atoms with E-state index in [0.29, 0.717) is 33.5 Å². The highest BCUT2D eigenvalue weighted by molar-refractivity contribution is 6.30. The van der Waals surface area contributed by atoms with Gasteiger partial charge in [0.25, 0.3) is 0 Å². The number of hydrogen-bond donors (Lipinski definition) is 3. The van der Waals surface area contributed by atoms with Crippen LogP contribution in [0.15, 0.2) is 24.3 Å². The third kappa shape index (κ3) is 1.76. The van der Waals surface area contributed by atoms with Crippen molar-refractivity contribution in [2.75, 3.05) is 18.1 Å². The number of aliphatic hydroxyl groups excluding tert-OH is 1. The summed E-state index contributed by atoms with van der Waals surface area (Å²) >= 11 is 0. The lowest BCUT2D eigenvalue weighted by Gasteiger charge is -2.24. The molecule has 112 valence electrons. The van der Waals surface area contributed by atoms with Gasteiger partial charge in [0, 0.05) is 28.9 Å². The molecule has 0 saturated heterocycles. The topological polar surface area (TPSA) is 106 Å². The number of nitrogens with two attached hydrogens (primary N) is 2. The fourth-order valence-corrected chi connectivity index (χ4v) is 3.03. The SMILES string of the molecule is Cc1c(N)c(N)c(CCO)c2c1C(=O)c1ccccc1C2=O. The minimum absolute atomic E-state index is 0.178. The van der Waals surface area contributed by atoms with Gasteiger partial charge < -0.3 is 16.6 Å². The summed E-state index contributed by atoms with van der Waals surface area (Å²) in [5.41, 5.74) is 14.9. The minimum atomic E-state index is -0.247. The van der Waals surface area contributed by atoms with Crippen LogP contribution in [-0.4, -0.2) is 23.3 Å². The number of aliphatic hydroxyl groups is 1. The fourth-order valence-electron chi connectivity index (χ4n) is 3.03. The van der Waals surface area contributed by atoms with Crippen molar-refractivity contribution in [1.29, 1.82) is 0 Å². The molecular weight excluding hydrogens is 280 g/mol. The van der Waals surface area contributed by atoms with Gasteiger partial charge >= 0.3 is 0 Å². The average molecular weight is 296 g/mol. The maximum atomic E-state index is 12.8. The number of anilines is 2. The zero-order chi connectivity index (χ0) is 16.0. The van der Waals surface area contributed by atoms with E-state index in [0.717, 1.165) is 0 Å². The summed E-state index contributed by atoms with van der Waals surface area (Å²) in [6.07, 6.45) is 0.180. The lowest BCUT2D eigenvalue weighted by Crippen LogP contribution is -2.26. The Kier molecular flexibility index (Phi) is 3.22. The van der Waals surface area contributed by atoms with E-state index in [1.165, 1.54) is 0 Å². The van der Waals surface area contributed by atoms with Gasteiger partial charge in [-0.25, -0.2) is 0 Å². The van der Waals surface area contributed by atoms with Crippen LogP contribution >= 0.6 is 0 Å². The number of nitrogen functional groups attached to an aromatic ring is 2. The molecule has 5 heteroatoms. The molecule has 0 bridgehead atoms. The molecule has 0 unspecified atom stereocenters. The van der Waals surface area contributed by atoms with E-state index in [2.05, 4.69) is 0 Å². The standard InChI is InChI=1S/C17H16N2O3/c1-8-12-13(11(6-7-20)15(19)14(8)18)17(22)10-5-3-2-4-9(10)16(12)21/h2-5,20H,6-7,18-19H2,1H3. The number of ketones is 2. The van der Waals surface area contributed by atoms with Gasteiger partial charge in [0.1, 0.15) is 0 Å². The Hall–Kier alpha value is -2.66. The molecule has 22 heavy (non-hydrogen) atoms. The van der Waals surface area contributed by atoms with E-state index in [1.54, 1.807) is 31.2 Å².